The molecule has 0 aliphatic heterocycles. The first-order valence-corrected chi connectivity index (χ1v) is 11.5. The van der Waals surface area contributed by atoms with E-state index in [0.717, 1.165) is 36.7 Å². The highest BCUT2D eigenvalue weighted by molar-refractivity contribution is 9.11. The Morgan fingerprint density at radius 2 is 1.83 bits per heavy atom. The maximum atomic E-state index is 6.13. The van der Waals surface area contributed by atoms with Gasteiger partial charge in [0, 0.05) is 16.7 Å². The normalized spacial score (nSPS) is 11.1. The first-order chi connectivity index (χ1) is 14.6. The third kappa shape index (κ3) is 4.51. The lowest BCUT2D eigenvalue weighted by molar-refractivity contribution is 0.258. The molecule has 154 valence electrons. The van der Waals surface area contributed by atoms with E-state index in [-0.39, 0.29) is 0 Å². The van der Waals surface area contributed by atoms with Crippen molar-refractivity contribution in [1.82, 2.24) is 9.78 Å². The first-order valence-electron chi connectivity index (χ1n) is 9.53. The molecule has 4 rings (SSSR count). The van der Waals surface area contributed by atoms with Gasteiger partial charge in [-0.2, -0.15) is 5.10 Å². The van der Waals surface area contributed by atoms with Crippen LogP contribution < -0.4 is 9.47 Å². The van der Waals surface area contributed by atoms with Gasteiger partial charge >= 0.3 is 0 Å². The van der Waals surface area contributed by atoms with E-state index in [0.29, 0.717) is 30.7 Å². The molecule has 1 heterocycles. The summed E-state index contributed by atoms with van der Waals surface area (Å²) in [5, 5.41) is 7.62. The fraction of sp³-hybridized carbons (Fsp3) is 0.174. The molecule has 0 fully saturated rings. The van der Waals surface area contributed by atoms with Crippen molar-refractivity contribution in [1.29, 1.82) is 0 Å². The van der Waals surface area contributed by atoms with E-state index in [2.05, 4.69) is 50.1 Å². The van der Waals surface area contributed by atoms with Crippen molar-refractivity contribution in [2.45, 2.75) is 13.5 Å². The number of ether oxygens (including phenoxy) is 2. The van der Waals surface area contributed by atoms with Crippen LogP contribution in [0.2, 0.25) is 5.02 Å². The highest BCUT2D eigenvalue weighted by Gasteiger charge is 2.14. The molecule has 0 saturated carbocycles. The predicted molar refractivity (Wildman–Crippen MR) is 129 cm³/mol. The van der Waals surface area contributed by atoms with Crippen molar-refractivity contribution in [3.05, 3.63) is 74.6 Å². The standard InChI is InChI=1S/C23H19Br2ClN2O2/c1-2-29-21-14-20(16-7-5-8-17(26)12-16)27-28(21)10-11-30-23-19(24)13-15-6-3-4-9-18(15)22(23)25/h3-9,12-14H,2,10-11H2,1H3. The molecule has 0 atom stereocenters. The zero-order valence-electron chi connectivity index (χ0n) is 16.2. The Bertz CT molecular complexity index is 1190. The molecule has 0 saturated heterocycles. The zero-order valence-corrected chi connectivity index (χ0v) is 20.2. The number of halogens is 3. The lowest BCUT2D eigenvalue weighted by Gasteiger charge is -2.13. The highest BCUT2D eigenvalue weighted by atomic mass is 79.9. The average molecular weight is 551 g/mol. The SMILES string of the molecule is CCOc1cc(-c2cccc(Cl)c2)nn1CCOc1c(Br)cc2ccccc2c1Br. The van der Waals surface area contributed by atoms with Gasteiger partial charge in [0.25, 0.3) is 0 Å². The molecule has 7 heteroatoms. The molecule has 3 aromatic carbocycles. The van der Waals surface area contributed by atoms with Gasteiger partial charge in [-0.1, -0.05) is 48.0 Å². The molecular weight excluding hydrogens is 532 g/mol. The first kappa shape index (κ1) is 21.2. The van der Waals surface area contributed by atoms with Crippen molar-refractivity contribution in [3.8, 4) is 22.9 Å². The number of nitrogens with zero attached hydrogens (tertiary/aromatic N) is 2. The molecule has 0 N–H and O–H groups in total. The van der Waals surface area contributed by atoms with E-state index in [1.165, 1.54) is 0 Å². The Kier molecular flexibility index (Phi) is 6.66. The fourth-order valence-electron chi connectivity index (χ4n) is 3.23. The van der Waals surface area contributed by atoms with Crippen LogP contribution in [0, 0.1) is 0 Å². The van der Waals surface area contributed by atoms with Crippen molar-refractivity contribution >= 4 is 54.2 Å². The number of hydrogen-bond acceptors (Lipinski definition) is 3. The van der Waals surface area contributed by atoms with Gasteiger partial charge in [-0.05, 0) is 67.8 Å². The van der Waals surface area contributed by atoms with Gasteiger partial charge in [0.2, 0.25) is 5.88 Å². The van der Waals surface area contributed by atoms with E-state index in [4.69, 9.17) is 26.2 Å². The van der Waals surface area contributed by atoms with E-state index >= 15 is 0 Å². The van der Waals surface area contributed by atoms with Crippen LogP contribution in [0.1, 0.15) is 6.92 Å². The minimum absolute atomic E-state index is 0.437. The lowest BCUT2D eigenvalue weighted by Crippen LogP contribution is -2.12. The summed E-state index contributed by atoms with van der Waals surface area (Å²) in [6.45, 7) is 3.49. The van der Waals surface area contributed by atoms with Gasteiger partial charge in [0.1, 0.15) is 12.4 Å². The number of aromatic nitrogens is 2. The van der Waals surface area contributed by atoms with E-state index in [9.17, 15) is 0 Å². The number of benzene rings is 3. The highest BCUT2D eigenvalue weighted by Crippen LogP contribution is 2.39. The van der Waals surface area contributed by atoms with Crippen molar-refractivity contribution in [3.63, 3.8) is 0 Å². The van der Waals surface area contributed by atoms with Gasteiger partial charge in [-0.25, -0.2) is 4.68 Å². The van der Waals surface area contributed by atoms with Crippen LogP contribution in [-0.4, -0.2) is 23.0 Å². The average Bonchev–Trinajstić information content (AvgIpc) is 3.13. The molecule has 0 aliphatic carbocycles. The van der Waals surface area contributed by atoms with Gasteiger partial charge in [-0.3, -0.25) is 0 Å². The Balaban J connectivity index is 1.55. The number of fused-ring (bicyclic) bond motifs is 1. The quantitative estimate of drug-likeness (QED) is 0.241. The third-order valence-corrected chi connectivity index (χ3v) is 6.21. The topological polar surface area (TPSA) is 36.3 Å². The van der Waals surface area contributed by atoms with Gasteiger partial charge in [0.15, 0.2) is 0 Å². The van der Waals surface area contributed by atoms with Crippen LogP contribution in [0.15, 0.2) is 69.6 Å². The summed E-state index contributed by atoms with van der Waals surface area (Å²) in [5.41, 5.74) is 1.76. The van der Waals surface area contributed by atoms with Crippen molar-refractivity contribution in [2.75, 3.05) is 13.2 Å². The van der Waals surface area contributed by atoms with Crippen LogP contribution >= 0.6 is 43.5 Å². The molecule has 1 aromatic heterocycles. The summed E-state index contributed by atoms with van der Waals surface area (Å²) in [5.74, 6) is 1.47. The van der Waals surface area contributed by atoms with Crippen LogP contribution in [0.5, 0.6) is 11.6 Å². The largest absolute Gasteiger partial charge is 0.489 e. The Labute approximate surface area is 197 Å². The van der Waals surface area contributed by atoms with Gasteiger partial charge in [-0.15, -0.1) is 0 Å². The van der Waals surface area contributed by atoms with Crippen LogP contribution in [0.4, 0.5) is 0 Å². The molecule has 0 spiro atoms. The minimum Gasteiger partial charge on any atom is -0.489 e. The summed E-state index contributed by atoms with van der Waals surface area (Å²) in [6, 6.07) is 19.8. The molecule has 0 bridgehead atoms. The Hall–Kier alpha value is -2.02. The number of rotatable bonds is 7. The lowest BCUT2D eigenvalue weighted by atomic mass is 10.1. The molecule has 4 nitrogen and oxygen atoms in total. The summed E-state index contributed by atoms with van der Waals surface area (Å²) in [7, 11) is 0. The summed E-state index contributed by atoms with van der Waals surface area (Å²) >= 11 is 13.4. The summed E-state index contributed by atoms with van der Waals surface area (Å²) < 4.78 is 15.5. The second-order valence-corrected chi connectivity index (χ2v) is 8.69. The smallest absolute Gasteiger partial charge is 0.212 e. The zero-order chi connectivity index (χ0) is 21.1. The molecule has 0 amide bonds. The van der Waals surface area contributed by atoms with Crippen molar-refractivity contribution < 1.29 is 9.47 Å². The molecule has 4 aromatic rings. The monoisotopic (exact) mass is 548 g/mol. The predicted octanol–water partition coefficient (Wildman–Crippen LogP) is 7.36. The van der Waals surface area contributed by atoms with E-state index in [1.54, 1.807) is 0 Å². The van der Waals surface area contributed by atoms with E-state index < -0.39 is 0 Å². The maximum Gasteiger partial charge on any atom is 0.212 e. The Morgan fingerprint density at radius 3 is 2.63 bits per heavy atom. The Morgan fingerprint density at radius 1 is 1.00 bits per heavy atom. The van der Waals surface area contributed by atoms with Gasteiger partial charge in [0.05, 0.1) is 27.8 Å². The molecule has 0 radical (unpaired) electrons. The fourth-order valence-corrected chi connectivity index (χ4v) is 4.94. The summed E-state index contributed by atoms with van der Waals surface area (Å²) in [4.78, 5) is 0. The molecule has 30 heavy (non-hydrogen) atoms. The maximum absolute atomic E-state index is 6.13. The number of hydrogen-bond donors (Lipinski definition) is 0. The molecular formula is C23H19Br2ClN2O2. The second kappa shape index (κ2) is 9.41. The summed E-state index contributed by atoms with van der Waals surface area (Å²) in [6.07, 6.45) is 0. The molecule has 0 unspecified atom stereocenters. The van der Waals surface area contributed by atoms with Crippen LogP contribution in [-0.2, 0) is 6.54 Å². The third-order valence-electron chi connectivity index (χ3n) is 4.60. The van der Waals surface area contributed by atoms with E-state index in [1.807, 2.05) is 54.1 Å². The second-order valence-electron chi connectivity index (χ2n) is 6.61. The van der Waals surface area contributed by atoms with Crippen molar-refractivity contribution in [2.24, 2.45) is 0 Å². The van der Waals surface area contributed by atoms with Gasteiger partial charge < -0.3 is 9.47 Å². The molecule has 0 aliphatic rings. The minimum atomic E-state index is 0.437. The van der Waals surface area contributed by atoms with Crippen LogP contribution in [0.25, 0.3) is 22.0 Å². The van der Waals surface area contributed by atoms with Crippen LogP contribution in [0.3, 0.4) is 0 Å².